The summed E-state index contributed by atoms with van der Waals surface area (Å²) in [5, 5.41) is 14.7. The van der Waals surface area contributed by atoms with E-state index >= 15 is 0 Å². The quantitative estimate of drug-likeness (QED) is 0.617. The zero-order valence-corrected chi connectivity index (χ0v) is 10.7. The van der Waals surface area contributed by atoms with Crippen LogP contribution in [0.25, 0.3) is 0 Å². The number of anilines is 1. The normalized spacial score (nSPS) is 12.1. The molecule has 1 atom stereocenters. The molecule has 1 aromatic heterocycles. The summed E-state index contributed by atoms with van der Waals surface area (Å²) < 4.78 is 4.80. The number of hydrogen-bond acceptors (Lipinski definition) is 6. The van der Waals surface area contributed by atoms with Crippen LogP contribution in [0.2, 0.25) is 0 Å². The monoisotopic (exact) mass is 273 g/mol. The molecule has 0 aliphatic rings. The number of thioether (sulfide) groups is 1. The number of hydrogen-bond donors (Lipinski definition) is 3. The summed E-state index contributed by atoms with van der Waals surface area (Å²) in [5.74, 6) is 0.552. The number of nitrogens with zero attached hydrogens (tertiary/aromatic N) is 1. The minimum absolute atomic E-state index is 0.195. The van der Waals surface area contributed by atoms with Gasteiger partial charge in [0.25, 0.3) is 0 Å². The molecule has 7 nitrogen and oxygen atoms in total. The van der Waals surface area contributed by atoms with Gasteiger partial charge in [-0.15, -0.1) is 0 Å². The topological polar surface area (TPSA) is 118 Å². The second-order valence-corrected chi connectivity index (χ2v) is 4.79. The van der Waals surface area contributed by atoms with Gasteiger partial charge in [-0.1, -0.05) is 5.16 Å². The van der Waals surface area contributed by atoms with Crippen LogP contribution in [0.15, 0.2) is 10.6 Å². The van der Waals surface area contributed by atoms with Gasteiger partial charge in [-0.3, -0.25) is 9.59 Å². The van der Waals surface area contributed by atoms with Crippen molar-refractivity contribution < 1.29 is 19.2 Å². The number of amides is 1. The van der Waals surface area contributed by atoms with E-state index in [0.29, 0.717) is 17.3 Å². The number of carbonyl (C=O) groups excluding carboxylic acids is 1. The molecule has 1 amide bonds. The van der Waals surface area contributed by atoms with E-state index in [1.807, 2.05) is 0 Å². The fourth-order valence-electron chi connectivity index (χ4n) is 1.08. The van der Waals surface area contributed by atoms with Crippen LogP contribution in [-0.4, -0.2) is 39.7 Å². The number of carboxylic acids is 1. The Kier molecular flexibility index (Phi) is 5.66. The lowest BCUT2D eigenvalue weighted by Crippen LogP contribution is -2.32. The number of nitrogens with one attached hydrogen (secondary N) is 1. The van der Waals surface area contributed by atoms with E-state index in [-0.39, 0.29) is 18.1 Å². The highest BCUT2D eigenvalue weighted by molar-refractivity contribution is 7.99. The van der Waals surface area contributed by atoms with E-state index in [9.17, 15) is 9.59 Å². The molecule has 1 heterocycles. The van der Waals surface area contributed by atoms with Gasteiger partial charge in [-0.05, 0) is 6.92 Å². The van der Waals surface area contributed by atoms with Crippen LogP contribution < -0.4 is 11.1 Å². The summed E-state index contributed by atoms with van der Waals surface area (Å²) in [7, 11) is 0. The Labute approximate surface area is 108 Å². The minimum atomic E-state index is -1.04. The van der Waals surface area contributed by atoms with Crippen molar-refractivity contribution in [3.63, 3.8) is 0 Å². The third kappa shape index (κ3) is 5.19. The first-order valence-corrected chi connectivity index (χ1v) is 6.44. The van der Waals surface area contributed by atoms with E-state index in [1.165, 1.54) is 11.8 Å². The summed E-state index contributed by atoms with van der Waals surface area (Å²) in [5.41, 5.74) is 5.32. The summed E-state index contributed by atoms with van der Waals surface area (Å²) in [6.45, 7) is 1.73. The lowest BCUT2D eigenvalue weighted by Gasteiger charge is -2.05. The maximum Gasteiger partial charge on any atom is 0.321 e. The Bertz CT molecular complexity index is 421. The average molecular weight is 273 g/mol. The first-order chi connectivity index (χ1) is 8.49. The molecule has 1 rings (SSSR count). The Balaban J connectivity index is 2.16. The summed E-state index contributed by atoms with van der Waals surface area (Å²) >= 11 is 1.32. The molecule has 0 aliphatic carbocycles. The number of aromatic nitrogens is 1. The van der Waals surface area contributed by atoms with Crippen molar-refractivity contribution in [2.24, 2.45) is 5.73 Å². The molecule has 18 heavy (non-hydrogen) atoms. The standard InChI is InChI=1S/C10H15N3O4S/c1-6-4-8(13-17-6)12-9(14)2-3-18-5-7(11)10(15)16/h4,7H,2-3,5,11H2,1H3,(H,15,16)(H,12,13,14). The number of nitrogens with two attached hydrogens (primary N) is 1. The Hall–Kier alpha value is -1.54. The number of carbonyl (C=O) groups is 2. The van der Waals surface area contributed by atoms with Crippen LogP contribution in [0, 0.1) is 6.92 Å². The largest absolute Gasteiger partial charge is 0.480 e. The van der Waals surface area contributed by atoms with E-state index < -0.39 is 12.0 Å². The summed E-state index contributed by atoms with van der Waals surface area (Å²) in [6.07, 6.45) is 0.267. The van der Waals surface area contributed by atoms with Crippen molar-refractivity contribution >= 4 is 29.5 Å². The molecule has 1 unspecified atom stereocenters. The third-order valence-corrected chi connectivity index (χ3v) is 3.07. The zero-order valence-electron chi connectivity index (χ0n) is 9.88. The number of aliphatic carboxylic acids is 1. The Morgan fingerprint density at radius 2 is 2.39 bits per heavy atom. The van der Waals surface area contributed by atoms with Crippen LogP contribution in [0.5, 0.6) is 0 Å². The highest BCUT2D eigenvalue weighted by Gasteiger charge is 2.11. The molecule has 0 fully saturated rings. The van der Waals surface area contributed by atoms with Crippen LogP contribution >= 0.6 is 11.8 Å². The van der Waals surface area contributed by atoms with Crippen molar-refractivity contribution in [3.8, 4) is 0 Å². The van der Waals surface area contributed by atoms with Crippen LogP contribution in [-0.2, 0) is 9.59 Å². The predicted molar refractivity (Wildman–Crippen MR) is 67.4 cm³/mol. The van der Waals surface area contributed by atoms with Gasteiger partial charge in [0, 0.05) is 24.0 Å². The van der Waals surface area contributed by atoms with Crippen molar-refractivity contribution in [1.29, 1.82) is 0 Å². The second-order valence-electron chi connectivity index (χ2n) is 3.64. The van der Waals surface area contributed by atoms with E-state index in [0.717, 1.165) is 0 Å². The zero-order chi connectivity index (χ0) is 13.5. The minimum Gasteiger partial charge on any atom is -0.480 e. The highest BCUT2D eigenvalue weighted by Crippen LogP contribution is 2.09. The van der Waals surface area contributed by atoms with E-state index in [2.05, 4.69) is 10.5 Å². The van der Waals surface area contributed by atoms with Gasteiger partial charge in [-0.25, -0.2) is 0 Å². The maximum atomic E-state index is 11.4. The molecule has 0 saturated heterocycles. The molecular formula is C10H15N3O4S. The molecule has 0 radical (unpaired) electrons. The summed E-state index contributed by atoms with van der Waals surface area (Å²) in [6, 6.07) is 0.724. The van der Waals surface area contributed by atoms with Crippen LogP contribution in [0.1, 0.15) is 12.2 Å². The lowest BCUT2D eigenvalue weighted by atomic mass is 10.4. The molecule has 1 aromatic rings. The smallest absolute Gasteiger partial charge is 0.321 e. The molecule has 8 heteroatoms. The second kappa shape index (κ2) is 7.02. The molecule has 0 spiro atoms. The first-order valence-electron chi connectivity index (χ1n) is 5.28. The van der Waals surface area contributed by atoms with Crippen LogP contribution in [0.3, 0.4) is 0 Å². The van der Waals surface area contributed by atoms with Crippen molar-refractivity contribution in [3.05, 3.63) is 11.8 Å². The third-order valence-electron chi connectivity index (χ3n) is 1.98. The average Bonchev–Trinajstić information content (AvgIpc) is 2.69. The Morgan fingerprint density at radius 3 is 2.94 bits per heavy atom. The predicted octanol–water partition coefficient (Wildman–Crippen LogP) is 0.457. The van der Waals surface area contributed by atoms with Gasteiger partial charge in [0.15, 0.2) is 5.82 Å². The first kappa shape index (κ1) is 14.5. The van der Waals surface area contributed by atoms with E-state index in [4.69, 9.17) is 15.4 Å². The van der Waals surface area contributed by atoms with Crippen LogP contribution in [0.4, 0.5) is 5.82 Å². The molecular weight excluding hydrogens is 258 g/mol. The van der Waals surface area contributed by atoms with Crippen molar-refractivity contribution in [2.45, 2.75) is 19.4 Å². The molecule has 4 N–H and O–H groups in total. The fourth-order valence-corrected chi connectivity index (χ4v) is 1.97. The highest BCUT2D eigenvalue weighted by atomic mass is 32.2. The number of aryl methyl sites for hydroxylation is 1. The molecule has 100 valence electrons. The maximum absolute atomic E-state index is 11.4. The molecule has 0 aliphatic heterocycles. The van der Waals surface area contributed by atoms with Gasteiger partial charge in [-0.2, -0.15) is 11.8 Å². The molecule has 0 bridgehead atoms. The SMILES string of the molecule is Cc1cc(NC(=O)CCSCC(N)C(=O)O)no1. The Morgan fingerprint density at radius 1 is 1.67 bits per heavy atom. The fraction of sp³-hybridized carbons (Fsp3) is 0.500. The molecule has 0 saturated carbocycles. The van der Waals surface area contributed by atoms with Gasteiger partial charge in [0.1, 0.15) is 11.8 Å². The van der Waals surface area contributed by atoms with Crippen molar-refractivity contribution in [2.75, 3.05) is 16.8 Å². The van der Waals surface area contributed by atoms with E-state index in [1.54, 1.807) is 13.0 Å². The lowest BCUT2D eigenvalue weighted by molar-refractivity contribution is -0.137. The van der Waals surface area contributed by atoms with Gasteiger partial charge >= 0.3 is 5.97 Å². The number of rotatable bonds is 7. The number of carboxylic acid groups (broad SMARTS) is 1. The van der Waals surface area contributed by atoms with Gasteiger partial charge < -0.3 is 20.7 Å². The van der Waals surface area contributed by atoms with Crippen molar-refractivity contribution in [1.82, 2.24) is 5.16 Å². The van der Waals surface area contributed by atoms with Gasteiger partial charge in [0.05, 0.1) is 0 Å². The van der Waals surface area contributed by atoms with Gasteiger partial charge in [0.2, 0.25) is 5.91 Å². The molecule has 0 aromatic carbocycles. The summed E-state index contributed by atoms with van der Waals surface area (Å²) in [4.78, 5) is 21.9.